The molecule has 0 saturated carbocycles. The van der Waals surface area contributed by atoms with E-state index in [4.69, 9.17) is 5.73 Å². The van der Waals surface area contributed by atoms with Crippen LogP contribution in [-0.2, 0) is 10.8 Å². The summed E-state index contributed by atoms with van der Waals surface area (Å²) in [5.41, 5.74) is 5.83. The molecule has 1 aromatic carbocycles. The monoisotopic (exact) mass is 317 g/mol. The van der Waals surface area contributed by atoms with E-state index in [-0.39, 0.29) is 5.41 Å². The standard InChI is InChI=1S/C13H20BrNOS/c1-13(2,10-15)8-5-9-17(16)12-7-4-3-6-11(12)14/h3-4,6-7H,5,8-10,15H2,1-2H3. The molecule has 4 heteroatoms. The van der Waals surface area contributed by atoms with Crippen molar-refractivity contribution in [3.05, 3.63) is 28.7 Å². The molecule has 0 saturated heterocycles. The summed E-state index contributed by atoms with van der Waals surface area (Å²) in [5.74, 6) is 0.700. The summed E-state index contributed by atoms with van der Waals surface area (Å²) < 4.78 is 13.0. The second-order valence-electron chi connectivity index (χ2n) is 4.95. The molecular formula is C13H20BrNOS. The molecule has 0 amide bonds. The van der Waals surface area contributed by atoms with Crippen molar-refractivity contribution in [2.24, 2.45) is 11.1 Å². The van der Waals surface area contributed by atoms with Crippen LogP contribution in [0.5, 0.6) is 0 Å². The van der Waals surface area contributed by atoms with Crippen LogP contribution >= 0.6 is 15.9 Å². The van der Waals surface area contributed by atoms with E-state index in [2.05, 4.69) is 29.8 Å². The van der Waals surface area contributed by atoms with Gasteiger partial charge in [0.25, 0.3) is 0 Å². The smallest absolute Gasteiger partial charge is 0.0541 e. The van der Waals surface area contributed by atoms with Crippen molar-refractivity contribution in [2.45, 2.75) is 31.6 Å². The van der Waals surface area contributed by atoms with Gasteiger partial charge in [0.15, 0.2) is 0 Å². The molecule has 0 aliphatic heterocycles. The summed E-state index contributed by atoms with van der Waals surface area (Å²) in [6.45, 7) is 4.97. The third-order valence-corrected chi connectivity index (χ3v) is 5.28. The van der Waals surface area contributed by atoms with Crippen LogP contribution in [0.2, 0.25) is 0 Å². The van der Waals surface area contributed by atoms with Crippen molar-refractivity contribution in [3.63, 3.8) is 0 Å². The van der Waals surface area contributed by atoms with Crippen molar-refractivity contribution < 1.29 is 4.21 Å². The largest absolute Gasteiger partial charge is 0.330 e. The maximum atomic E-state index is 12.1. The molecule has 0 radical (unpaired) electrons. The number of hydrogen-bond donors (Lipinski definition) is 1. The minimum Gasteiger partial charge on any atom is -0.330 e. The molecule has 0 aliphatic rings. The van der Waals surface area contributed by atoms with Gasteiger partial charge in [0, 0.05) is 10.2 Å². The van der Waals surface area contributed by atoms with Crippen LogP contribution in [-0.4, -0.2) is 16.5 Å². The van der Waals surface area contributed by atoms with E-state index in [0.717, 1.165) is 22.2 Å². The van der Waals surface area contributed by atoms with Crippen LogP contribution in [0.1, 0.15) is 26.7 Å². The third-order valence-electron chi connectivity index (χ3n) is 2.82. The summed E-state index contributed by atoms with van der Waals surface area (Å²) in [4.78, 5) is 0.887. The van der Waals surface area contributed by atoms with Gasteiger partial charge in [-0.05, 0) is 52.9 Å². The predicted molar refractivity (Wildman–Crippen MR) is 77.5 cm³/mol. The first-order chi connectivity index (χ1) is 7.96. The summed E-state index contributed by atoms with van der Waals surface area (Å²) in [7, 11) is -0.919. The SMILES string of the molecule is CC(C)(CN)CCCS(=O)c1ccccc1Br. The van der Waals surface area contributed by atoms with E-state index in [1.165, 1.54) is 0 Å². The van der Waals surface area contributed by atoms with Crippen molar-refractivity contribution in [3.8, 4) is 0 Å². The van der Waals surface area contributed by atoms with Gasteiger partial charge in [0.2, 0.25) is 0 Å². The molecule has 17 heavy (non-hydrogen) atoms. The van der Waals surface area contributed by atoms with Crippen LogP contribution in [0.15, 0.2) is 33.6 Å². The highest BCUT2D eigenvalue weighted by molar-refractivity contribution is 9.10. The second-order valence-corrected chi connectivity index (χ2v) is 7.35. The minimum atomic E-state index is -0.919. The van der Waals surface area contributed by atoms with Crippen LogP contribution in [0.3, 0.4) is 0 Å². The Morgan fingerprint density at radius 2 is 2.00 bits per heavy atom. The number of halogens is 1. The van der Waals surface area contributed by atoms with E-state index < -0.39 is 10.8 Å². The molecular weight excluding hydrogens is 298 g/mol. The van der Waals surface area contributed by atoms with Crippen LogP contribution in [0.25, 0.3) is 0 Å². The molecule has 0 bridgehead atoms. The lowest BCUT2D eigenvalue weighted by Crippen LogP contribution is -2.23. The Hall–Kier alpha value is -0.190. The van der Waals surface area contributed by atoms with Crippen molar-refractivity contribution in [1.82, 2.24) is 0 Å². The zero-order valence-corrected chi connectivity index (χ0v) is 12.8. The zero-order chi connectivity index (χ0) is 12.9. The fourth-order valence-electron chi connectivity index (χ4n) is 1.52. The lowest BCUT2D eigenvalue weighted by molar-refractivity contribution is 0.344. The Morgan fingerprint density at radius 3 is 2.59 bits per heavy atom. The molecule has 0 aromatic heterocycles. The Bertz CT molecular complexity index is 393. The Labute approximate surface area is 115 Å². The van der Waals surface area contributed by atoms with Gasteiger partial charge in [-0.1, -0.05) is 26.0 Å². The average molecular weight is 318 g/mol. The number of hydrogen-bond acceptors (Lipinski definition) is 2. The molecule has 96 valence electrons. The highest BCUT2D eigenvalue weighted by Gasteiger charge is 2.16. The highest BCUT2D eigenvalue weighted by Crippen LogP contribution is 2.23. The molecule has 0 fully saturated rings. The molecule has 1 aromatic rings. The first kappa shape index (κ1) is 14.9. The Balaban J connectivity index is 2.49. The molecule has 0 heterocycles. The summed E-state index contributed by atoms with van der Waals surface area (Å²) >= 11 is 3.43. The average Bonchev–Trinajstić information content (AvgIpc) is 2.29. The Morgan fingerprint density at radius 1 is 1.35 bits per heavy atom. The van der Waals surface area contributed by atoms with E-state index in [0.29, 0.717) is 12.3 Å². The molecule has 1 rings (SSSR count). The van der Waals surface area contributed by atoms with Crippen molar-refractivity contribution in [1.29, 1.82) is 0 Å². The zero-order valence-electron chi connectivity index (χ0n) is 10.4. The molecule has 0 spiro atoms. The maximum absolute atomic E-state index is 12.1. The van der Waals surface area contributed by atoms with Crippen LogP contribution in [0.4, 0.5) is 0 Å². The van der Waals surface area contributed by atoms with Crippen molar-refractivity contribution >= 4 is 26.7 Å². The first-order valence-corrected chi connectivity index (χ1v) is 7.90. The summed E-state index contributed by atoms with van der Waals surface area (Å²) in [6.07, 6.45) is 1.96. The predicted octanol–water partition coefficient (Wildman–Crippen LogP) is 3.32. The molecule has 0 aliphatic carbocycles. The van der Waals surface area contributed by atoms with Gasteiger partial charge in [0.1, 0.15) is 0 Å². The van der Waals surface area contributed by atoms with Gasteiger partial charge < -0.3 is 5.73 Å². The fourth-order valence-corrected chi connectivity index (χ4v) is 3.49. The maximum Gasteiger partial charge on any atom is 0.0541 e. The fraction of sp³-hybridized carbons (Fsp3) is 0.538. The molecule has 1 atom stereocenters. The van der Waals surface area contributed by atoms with E-state index in [1.54, 1.807) is 0 Å². The lowest BCUT2D eigenvalue weighted by Gasteiger charge is -2.21. The normalized spacial score (nSPS) is 13.6. The van der Waals surface area contributed by atoms with Crippen LogP contribution < -0.4 is 5.73 Å². The highest BCUT2D eigenvalue weighted by atomic mass is 79.9. The quantitative estimate of drug-likeness (QED) is 0.874. The van der Waals surface area contributed by atoms with Gasteiger partial charge in [-0.2, -0.15) is 0 Å². The van der Waals surface area contributed by atoms with Gasteiger partial charge in [-0.25, -0.2) is 0 Å². The second kappa shape index (κ2) is 6.66. The molecule has 1 unspecified atom stereocenters. The number of nitrogens with two attached hydrogens (primary N) is 1. The minimum absolute atomic E-state index is 0.151. The number of benzene rings is 1. The number of rotatable bonds is 6. The van der Waals surface area contributed by atoms with Gasteiger partial charge >= 0.3 is 0 Å². The molecule has 2 N–H and O–H groups in total. The first-order valence-electron chi connectivity index (χ1n) is 5.79. The third kappa shape index (κ3) is 4.90. The van der Waals surface area contributed by atoms with E-state index in [1.807, 2.05) is 24.3 Å². The Kier molecular flexibility index (Phi) is 5.83. The van der Waals surface area contributed by atoms with Gasteiger partial charge in [0.05, 0.1) is 15.7 Å². The van der Waals surface area contributed by atoms with E-state index >= 15 is 0 Å². The lowest BCUT2D eigenvalue weighted by atomic mass is 9.88. The van der Waals surface area contributed by atoms with Gasteiger partial charge in [-0.15, -0.1) is 0 Å². The summed E-state index contributed by atoms with van der Waals surface area (Å²) in [5, 5.41) is 0. The summed E-state index contributed by atoms with van der Waals surface area (Å²) in [6, 6.07) is 7.69. The van der Waals surface area contributed by atoms with E-state index in [9.17, 15) is 4.21 Å². The van der Waals surface area contributed by atoms with Crippen molar-refractivity contribution in [2.75, 3.05) is 12.3 Å². The van der Waals surface area contributed by atoms with Crippen LogP contribution in [0, 0.1) is 5.41 Å². The topological polar surface area (TPSA) is 43.1 Å². The van der Waals surface area contributed by atoms with Gasteiger partial charge in [-0.3, -0.25) is 4.21 Å². The molecule has 2 nitrogen and oxygen atoms in total.